The summed E-state index contributed by atoms with van der Waals surface area (Å²) in [6.07, 6.45) is -4.28. The molecular weight excluding hydrogens is 383 g/mol. The number of hydrogen-bond acceptors (Lipinski definition) is 5. The molecule has 0 bridgehead atoms. The van der Waals surface area contributed by atoms with Crippen LogP contribution in [0.1, 0.15) is 23.9 Å². The number of piperazine rings is 1. The lowest BCUT2D eigenvalue weighted by Gasteiger charge is -2.35. The SMILES string of the molecule is CCNc1cc(N2CCN(C(=O)Cc3ccc(C(F)(F)F)cc3)CC2)nc(C)n1. The molecule has 0 unspecified atom stereocenters. The number of halogens is 3. The number of nitrogens with zero attached hydrogens (tertiary/aromatic N) is 4. The maximum atomic E-state index is 12.6. The second-order valence-corrected chi connectivity index (χ2v) is 6.93. The zero-order valence-corrected chi connectivity index (χ0v) is 16.5. The van der Waals surface area contributed by atoms with E-state index in [4.69, 9.17) is 0 Å². The molecule has 156 valence electrons. The minimum atomic E-state index is -4.37. The molecule has 0 aliphatic carbocycles. The van der Waals surface area contributed by atoms with Gasteiger partial charge in [0.05, 0.1) is 12.0 Å². The Bertz CT molecular complexity index is 846. The fourth-order valence-corrected chi connectivity index (χ4v) is 3.27. The minimum absolute atomic E-state index is 0.0865. The summed E-state index contributed by atoms with van der Waals surface area (Å²) in [4.78, 5) is 25.2. The van der Waals surface area contributed by atoms with Crippen molar-refractivity contribution in [1.29, 1.82) is 0 Å². The zero-order valence-electron chi connectivity index (χ0n) is 16.5. The monoisotopic (exact) mass is 407 g/mol. The molecule has 29 heavy (non-hydrogen) atoms. The Kier molecular flexibility index (Phi) is 6.24. The van der Waals surface area contributed by atoms with Crippen molar-refractivity contribution in [3.63, 3.8) is 0 Å². The molecule has 1 aliphatic heterocycles. The lowest BCUT2D eigenvalue weighted by molar-refractivity contribution is -0.137. The highest BCUT2D eigenvalue weighted by Crippen LogP contribution is 2.29. The second-order valence-electron chi connectivity index (χ2n) is 6.93. The molecule has 0 radical (unpaired) electrons. The first-order chi connectivity index (χ1) is 13.8. The maximum Gasteiger partial charge on any atom is 0.416 e. The van der Waals surface area contributed by atoms with Gasteiger partial charge in [0.25, 0.3) is 0 Å². The molecule has 1 saturated heterocycles. The second kappa shape index (κ2) is 8.67. The Balaban J connectivity index is 1.57. The van der Waals surface area contributed by atoms with Crippen LogP contribution in [0, 0.1) is 6.92 Å². The number of alkyl halides is 3. The van der Waals surface area contributed by atoms with E-state index in [0.717, 1.165) is 30.3 Å². The van der Waals surface area contributed by atoms with E-state index in [1.165, 1.54) is 12.1 Å². The van der Waals surface area contributed by atoms with Crippen LogP contribution in [0.15, 0.2) is 30.3 Å². The molecule has 1 amide bonds. The van der Waals surface area contributed by atoms with Crippen LogP contribution >= 0.6 is 0 Å². The summed E-state index contributed by atoms with van der Waals surface area (Å²) in [6.45, 7) is 6.97. The Morgan fingerprint density at radius 2 is 1.76 bits per heavy atom. The van der Waals surface area contributed by atoms with E-state index in [-0.39, 0.29) is 12.3 Å². The van der Waals surface area contributed by atoms with Gasteiger partial charge in [-0.1, -0.05) is 12.1 Å². The molecule has 9 heteroatoms. The van der Waals surface area contributed by atoms with Gasteiger partial charge < -0.3 is 15.1 Å². The van der Waals surface area contributed by atoms with E-state index in [1.54, 1.807) is 4.90 Å². The molecule has 1 fully saturated rings. The number of carbonyl (C=O) groups excluding carboxylic acids is 1. The van der Waals surface area contributed by atoms with E-state index >= 15 is 0 Å². The number of anilines is 2. The van der Waals surface area contributed by atoms with Crippen molar-refractivity contribution < 1.29 is 18.0 Å². The number of amides is 1. The van der Waals surface area contributed by atoms with Crippen LogP contribution < -0.4 is 10.2 Å². The molecule has 0 saturated carbocycles. The fraction of sp³-hybridized carbons (Fsp3) is 0.450. The van der Waals surface area contributed by atoms with Gasteiger partial charge in [-0.15, -0.1) is 0 Å². The van der Waals surface area contributed by atoms with Crippen molar-refractivity contribution >= 4 is 17.5 Å². The highest BCUT2D eigenvalue weighted by Gasteiger charge is 2.30. The summed E-state index contributed by atoms with van der Waals surface area (Å²) < 4.78 is 37.9. The minimum Gasteiger partial charge on any atom is -0.370 e. The largest absolute Gasteiger partial charge is 0.416 e. The van der Waals surface area contributed by atoms with Crippen molar-refractivity contribution in [2.45, 2.75) is 26.4 Å². The molecule has 2 heterocycles. The van der Waals surface area contributed by atoms with E-state index in [1.807, 2.05) is 19.9 Å². The number of aromatic nitrogens is 2. The predicted octanol–water partition coefficient (Wildman–Crippen LogP) is 3.13. The van der Waals surface area contributed by atoms with Crippen LogP contribution in [0.2, 0.25) is 0 Å². The molecule has 1 N–H and O–H groups in total. The summed E-state index contributed by atoms with van der Waals surface area (Å²) in [6, 6.07) is 6.65. The first-order valence-corrected chi connectivity index (χ1v) is 9.54. The Morgan fingerprint density at radius 3 is 2.34 bits per heavy atom. The highest BCUT2D eigenvalue weighted by atomic mass is 19.4. The summed E-state index contributed by atoms with van der Waals surface area (Å²) in [5.74, 6) is 2.19. The molecule has 3 rings (SSSR count). The van der Waals surface area contributed by atoms with Crippen LogP contribution in [0.25, 0.3) is 0 Å². The average molecular weight is 407 g/mol. The van der Waals surface area contributed by atoms with Gasteiger partial charge in [0.15, 0.2) is 0 Å². The summed E-state index contributed by atoms with van der Waals surface area (Å²) in [5, 5.41) is 3.18. The summed E-state index contributed by atoms with van der Waals surface area (Å²) >= 11 is 0. The molecular formula is C20H24F3N5O. The zero-order chi connectivity index (χ0) is 21.0. The number of nitrogens with one attached hydrogen (secondary N) is 1. The number of aryl methyl sites for hydroxylation is 1. The topological polar surface area (TPSA) is 61.4 Å². The third-order valence-corrected chi connectivity index (χ3v) is 4.78. The average Bonchev–Trinajstić information content (AvgIpc) is 2.67. The number of hydrogen-bond donors (Lipinski definition) is 1. The van der Waals surface area contributed by atoms with Gasteiger partial charge in [-0.25, -0.2) is 9.97 Å². The summed E-state index contributed by atoms with van der Waals surface area (Å²) in [7, 11) is 0. The molecule has 2 aromatic rings. The van der Waals surface area contributed by atoms with E-state index in [0.29, 0.717) is 37.6 Å². The first-order valence-electron chi connectivity index (χ1n) is 9.54. The molecule has 1 aromatic heterocycles. The summed E-state index contributed by atoms with van der Waals surface area (Å²) in [5.41, 5.74) is -0.133. The normalized spacial score (nSPS) is 14.8. The lowest BCUT2D eigenvalue weighted by atomic mass is 10.1. The highest BCUT2D eigenvalue weighted by molar-refractivity contribution is 5.79. The van der Waals surface area contributed by atoms with Crippen LogP contribution in [-0.2, 0) is 17.4 Å². The number of benzene rings is 1. The molecule has 1 aliphatic rings. The van der Waals surface area contributed by atoms with Crippen LogP contribution in [0.5, 0.6) is 0 Å². The molecule has 0 atom stereocenters. The van der Waals surface area contributed by atoms with Gasteiger partial charge >= 0.3 is 6.18 Å². The smallest absolute Gasteiger partial charge is 0.370 e. The van der Waals surface area contributed by atoms with Gasteiger partial charge in [0, 0.05) is 38.8 Å². The van der Waals surface area contributed by atoms with Crippen molar-refractivity contribution in [2.75, 3.05) is 42.9 Å². The van der Waals surface area contributed by atoms with E-state index < -0.39 is 11.7 Å². The van der Waals surface area contributed by atoms with Gasteiger partial charge in [-0.2, -0.15) is 13.2 Å². The molecule has 6 nitrogen and oxygen atoms in total. The van der Waals surface area contributed by atoms with Crippen LogP contribution in [0.4, 0.5) is 24.8 Å². The fourth-order valence-electron chi connectivity index (χ4n) is 3.27. The van der Waals surface area contributed by atoms with Crippen molar-refractivity contribution in [1.82, 2.24) is 14.9 Å². The first kappa shape index (κ1) is 20.9. The quantitative estimate of drug-likeness (QED) is 0.825. The third kappa shape index (κ3) is 5.36. The van der Waals surface area contributed by atoms with Gasteiger partial charge in [-0.3, -0.25) is 4.79 Å². The van der Waals surface area contributed by atoms with Crippen molar-refractivity contribution in [3.05, 3.63) is 47.3 Å². The Morgan fingerprint density at radius 1 is 1.10 bits per heavy atom. The van der Waals surface area contributed by atoms with Gasteiger partial charge in [-0.05, 0) is 31.5 Å². The maximum absolute atomic E-state index is 12.6. The predicted molar refractivity (Wildman–Crippen MR) is 105 cm³/mol. The van der Waals surface area contributed by atoms with Crippen LogP contribution in [0.3, 0.4) is 0 Å². The molecule has 0 spiro atoms. The third-order valence-electron chi connectivity index (χ3n) is 4.78. The lowest BCUT2D eigenvalue weighted by Crippen LogP contribution is -2.49. The van der Waals surface area contributed by atoms with Gasteiger partial charge in [0.1, 0.15) is 17.5 Å². The Hall–Kier alpha value is -2.84. The van der Waals surface area contributed by atoms with Gasteiger partial charge in [0.2, 0.25) is 5.91 Å². The van der Waals surface area contributed by atoms with E-state index in [9.17, 15) is 18.0 Å². The van der Waals surface area contributed by atoms with Crippen molar-refractivity contribution in [3.8, 4) is 0 Å². The Labute approximate surface area is 167 Å². The van der Waals surface area contributed by atoms with Crippen molar-refractivity contribution in [2.24, 2.45) is 0 Å². The standard InChI is InChI=1S/C20H24F3N5O/c1-3-24-17-13-18(26-14(2)25-17)27-8-10-28(11-9-27)19(29)12-15-4-6-16(7-5-15)20(21,22)23/h4-7,13H,3,8-12H2,1-2H3,(H,24,25,26). The van der Waals surface area contributed by atoms with Crippen LogP contribution in [-0.4, -0.2) is 53.5 Å². The van der Waals surface area contributed by atoms with E-state index in [2.05, 4.69) is 20.2 Å². The number of rotatable bonds is 5. The molecule has 1 aromatic carbocycles. The number of carbonyl (C=O) groups is 1.